The molecule has 0 bridgehead atoms. The van der Waals surface area contributed by atoms with E-state index in [2.05, 4.69) is 16.0 Å². The average molecular weight is 392 g/mol. The number of aromatic nitrogens is 2. The van der Waals surface area contributed by atoms with Crippen molar-refractivity contribution in [1.29, 1.82) is 5.26 Å². The highest BCUT2D eigenvalue weighted by Crippen LogP contribution is 2.31. The first-order chi connectivity index (χ1) is 12.6. The molecule has 2 aromatic rings. The molecule has 26 heavy (non-hydrogen) atoms. The first-order valence-electron chi connectivity index (χ1n) is 7.83. The van der Waals surface area contributed by atoms with Crippen LogP contribution in [0.1, 0.15) is 17.7 Å². The Kier molecular flexibility index (Phi) is 5.94. The summed E-state index contributed by atoms with van der Waals surface area (Å²) < 4.78 is 16.5. The largest absolute Gasteiger partial charge is 0.491 e. The molecule has 0 radical (unpaired) electrons. The summed E-state index contributed by atoms with van der Waals surface area (Å²) in [6.45, 7) is 1.15. The number of nitriles is 1. The fourth-order valence-electron chi connectivity index (χ4n) is 2.45. The monoisotopic (exact) mass is 391 g/mol. The lowest BCUT2D eigenvalue weighted by atomic mass is 10.1. The van der Waals surface area contributed by atoms with E-state index in [0.29, 0.717) is 46.1 Å². The van der Waals surface area contributed by atoms with Gasteiger partial charge >= 0.3 is 0 Å². The molecule has 0 saturated carbocycles. The Morgan fingerprint density at radius 1 is 1.35 bits per heavy atom. The Bertz CT molecular complexity index is 854. The summed E-state index contributed by atoms with van der Waals surface area (Å²) in [6.07, 6.45) is 5.18. The highest BCUT2D eigenvalue weighted by Gasteiger charge is 2.21. The third-order valence-corrected chi connectivity index (χ3v) is 4.39. The summed E-state index contributed by atoms with van der Waals surface area (Å²) in [5.41, 5.74) is 1.21. The molecule has 1 aliphatic heterocycles. The Balaban J connectivity index is 1.98. The van der Waals surface area contributed by atoms with Crippen molar-refractivity contribution >= 4 is 34.9 Å². The molecular formula is C18H15Cl2N3O3. The average Bonchev–Trinajstić information content (AvgIpc) is 3.15. The highest BCUT2D eigenvalue weighted by atomic mass is 35.5. The normalized spacial score (nSPS) is 17.0. The second-order valence-corrected chi connectivity index (χ2v) is 6.31. The summed E-state index contributed by atoms with van der Waals surface area (Å²) in [4.78, 5) is 8.34. The summed E-state index contributed by atoms with van der Waals surface area (Å²) in [7, 11) is 1.53. The number of allylic oxidation sites excluding steroid dienone is 1. The second kappa shape index (κ2) is 8.37. The van der Waals surface area contributed by atoms with E-state index in [9.17, 15) is 5.26 Å². The Hall–Kier alpha value is -2.33. The molecule has 8 heteroatoms. The Morgan fingerprint density at radius 3 is 2.73 bits per heavy atom. The van der Waals surface area contributed by atoms with Crippen LogP contribution in [-0.4, -0.2) is 36.4 Å². The molecule has 0 amide bonds. The van der Waals surface area contributed by atoms with E-state index < -0.39 is 0 Å². The van der Waals surface area contributed by atoms with Crippen LogP contribution in [-0.2, 0) is 4.74 Å². The van der Waals surface area contributed by atoms with Crippen LogP contribution in [0.3, 0.4) is 0 Å². The van der Waals surface area contributed by atoms with Crippen molar-refractivity contribution < 1.29 is 14.2 Å². The van der Waals surface area contributed by atoms with Crippen molar-refractivity contribution in [2.24, 2.45) is 0 Å². The Morgan fingerprint density at radius 2 is 2.12 bits per heavy atom. The topological polar surface area (TPSA) is 77.3 Å². The molecule has 134 valence electrons. The maximum Gasteiger partial charge on any atom is 0.257 e. The van der Waals surface area contributed by atoms with Gasteiger partial charge in [0, 0.05) is 24.4 Å². The van der Waals surface area contributed by atoms with Crippen LogP contribution in [0.5, 0.6) is 11.6 Å². The zero-order valence-corrected chi connectivity index (χ0v) is 15.4. The van der Waals surface area contributed by atoms with Crippen LogP contribution in [0.25, 0.3) is 11.6 Å². The van der Waals surface area contributed by atoms with Crippen LogP contribution >= 0.6 is 23.2 Å². The second-order valence-electron chi connectivity index (χ2n) is 5.49. The predicted octanol–water partition coefficient (Wildman–Crippen LogP) is 4.02. The van der Waals surface area contributed by atoms with Crippen LogP contribution in [0.2, 0.25) is 10.0 Å². The third kappa shape index (κ3) is 4.07. The van der Waals surface area contributed by atoms with Gasteiger partial charge in [-0.25, -0.2) is 4.98 Å². The summed E-state index contributed by atoms with van der Waals surface area (Å²) in [5, 5.41) is 10.3. The number of ether oxygens (including phenoxy) is 3. The smallest absolute Gasteiger partial charge is 0.257 e. The first kappa shape index (κ1) is 18.5. The Labute approximate surface area is 160 Å². The van der Waals surface area contributed by atoms with E-state index in [0.717, 1.165) is 6.42 Å². The molecule has 3 rings (SSSR count). The van der Waals surface area contributed by atoms with Gasteiger partial charge in [0.25, 0.3) is 5.88 Å². The molecule has 0 aliphatic carbocycles. The van der Waals surface area contributed by atoms with Crippen LogP contribution in [0.4, 0.5) is 0 Å². The van der Waals surface area contributed by atoms with Crippen LogP contribution in [0, 0.1) is 11.3 Å². The molecule has 3 heterocycles. The van der Waals surface area contributed by atoms with Gasteiger partial charge < -0.3 is 14.2 Å². The quantitative estimate of drug-likeness (QED) is 0.716. The van der Waals surface area contributed by atoms with Gasteiger partial charge in [-0.3, -0.25) is 4.98 Å². The van der Waals surface area contributed by atoms with E-state index in [-0.39, 0.29) is 11.7 Å². The van der Waals surface area contributed by atoms with Gasteiger partial charge in [-0.2, -0.15) is 5.26 Å². The first-order valence-corrected chi connectivity index (χ1v) is 8.58. The number of rotatable bonds is 5. The molecule has 0 aromatic carbocycles. The van der Waals surface area contributed by atoms with E-state index in [1.807, 2.05) is 0 Å². The van der Waals surface area contributed by atoms with E-state index >= 15 is 0 Å². The summed E-state index contributed by atoms with van der Waals surface area (Å²) >= 11 is 12.3. The van der Waals surface area contributed by atoms with Crippen LogP contribution < -0.4 is 9.47 Å². The lowest BCUT2D eigenvalue weighted by Crippen LogP contribution is -2.17. The maximum atomic E-state index is 9.57. The fraction of sp³-hybridized carbons (Fsp3) is 0.278. The molecule has 1 fully saturated rings. The number of hydrogen-bond donors (Lipinski definition) is 0. The minimum Gasteiger partial charge on any atom is -0.491 e. The van der Waals surface area contributed by atoms with E-state index in [4.69, 9.17) is 37.4 Å². The van der Waals surface area contributed by atoms with E-state index in [1.54, 1.807) is 18.2 Å². The molecule has 1 aliphatic rings. The molecule has 6 nitrogen and oxygen atoms in total. The van der Waals surface area contributed by atoms with Crippen molar-refractivity contribution in [3.8, 4) is 17.7 Å². The van der Waals surface area contributed by atoms with Crippen molar-refractivity contribution in [3.63, 3.8) is 0 Å². The molecular weight excluding hydrogens is 377 g/mol. The standard InChI is InChI=1S/C18H15Cl2N3O3/c1-24-17-3-2-16(23-18(17)26-12-4-5-25-10-12)11(7-21)6-13-14(19)8-22-9-15(13)20/h2-3,6,8-9,12H,4-5,10H2,1H3/b11-6+. The molecule has 1 atom stereocenters. The molecule has 0 N–H and O–H groups in total. The number of halogens is 2. The zero-order valence-electron chi connectivity index (χ0n) is 13.9. The molecule has 0 spiro atoms. The van der Waals surface area contributed by atoms with Gasteiger partial charge in [0.05, 0.1) is 41.6 Å². The maximum absolute atomic E-state index is 9.57. The van der Waals surface area contributed by atoms with Crippen molar-refractivity contribution in [3.05, 3.63) is 45.8 Å². The molecule has 1 unspecified atom stereocenters. The van der Waals surface area contributed by atoms with Gasteiger partial charge in [0.2, 0.25) is 0 Å². The summed E-state index contributed by atoms with van der Waals surface area (Å²) in [5.74, 6) is 0.798. The minimum absolute atomic E-state index is 0.0924. The number of pyridine rings is 2. The molecule has 2 aromatic heterocycles. The minimum atomic E-state index is -0.0924. The lowest BCUT2D eigenvalue weighted by molar-refractivity contribution is 0.135. The highest BCUT2D eigenvalue weighted by molar-refractivity contribution is 6.37. The number of methoxy groups -OCH3 is 1. The van der Waals surface area contributed by atoms with Crippen molar-refractivity contribution in [1.82, 2.24) is 9.97 Å². The summed E-state index contributed by atoms with van der Waals surface area (Å²) in [6, 6.07) is 5.50. The number of nitrogens with zero attached hydrogens (tertiary/aromatic N) is 3. The zero-order chi connectivity index (χ0) is 18.5. The van der Waals surface area contributed by atoms with Crippen molar-refractivity contribution in [2.45, 2.75) is 12.5 Å². The predicted molar refractivity (Wildman–Crippen MR) is 98.4 cm³/mol. The van der Waals surface area contributed by atoms with Gasteiger partial charge in [-0.1, -0.05) is 23.2 Å². The fourth-order valence-corrected chi connectivity index (χ4v) is 2.92. The van der Waals surface area contributed by atoms with Crippen molar-refractivity contribution in [2.75, 3.05) is 20.3 Å². The van der Waals surface area contributed by atoms with Gasteiger partial charge in [-0.05, 0) is 18.2 Å². The SMILES string of the molecule is COc1ccc(/C(C#N)=C/c2c(Cl)cncc2Cl)nc1OC1CCOC1. The van der Waals surface area contributed by atoms with Gasteiger partial charge in [0.1, 0.15) is 12.2 Å². The number of hydrogen-bond acceptors (Lipinski definition) is 6. The van der Waals surface area contributed by atoms with Gasteiger partial charge in [0.15, 0.2) is 5.75 Å². The lowest BCUT2D eigenvalue weighted by Gasteiger charge is -2.14. The third-order valence-electron chi connectivity index (χ3n) is 3.79. The van der Waals surface area contributed by atoms with E-state index in [1.165, 1.54) is 19.5 Å². The van der Waals surface area contributed by atoms with Gasteiger partial charge in [-0.15, -0.1) is 0 Å². The molecule has 1 saturated heterocycles. The van der Waals surface area contributed by atoms with Crippen LogP contribution in [0.15, 0.2) is 24.5 Å².